The fourth-order valence-electron chi connectivity index (χ4n) is 3.38. The lowest BCUT2D eigenvalue weighted by Gasteiger charge is -2.29. The molecule has 0 aromatic heterocycles. The third-order valence-corrected chi connectivity index (χ3v) is 6.38. The van der Waals surface area contributed by atoms with E-state index < -0.39 is 16.1 Å². The van der Waals surface area contributed by atoms with Crippen LogP contribution in [0.1, 0.15) is 39.0 Å². The van der Waals surface area contributed by atoms with Gasteiger partial charge in [0.05, 0.1) is 16.6 Å². The molecule has 2 saturated heterocycles. The van der Waals surface area contributed by atoms with Gasteiger partial charge < -0.3 is 4.90 Å². The minimum Gasteiger partial charge on any atom is -0.341 e. The summed E-state index contributed by atoms with van der Waals surface area (Å²) in [6.45, 7) is 2.83. The highest BCUT2D eigenvalue weighted by atomic mass is 32.2. The van der Waals surface area contributed by atoms with Crippen LogP contribution in [0.3, 0.4) is 0 Å². The van der Waals surface area contributed by atoms with Crippen LogP contribution >= 0.6 is 0 Å². The van der Waals surface area contributed by atoms with E-state index in [1.807, 2.05) is 0 Å². The highest BCUT2D eigenvalue weighted by molar-refractivity contribution is 7.89. The van der Waals surface area contributed by atoms with E-state index in [4.69, 9.17) is 0 Å². The molecule has 2 aliphatic heterocycles. The van der Waals surface area contributed by atoms with Gasteiger partial charge in [-0.05, 0) is 50.5 Å². The van der Waals surface area contributed by atoms with Crippen molar-refractivity contribution in [1.29, 1.82) is 0 Å². The van der Waals surface area contributed by atoms with Crippen LogP contribution in [-0.4, -0.2) is 50.2 Å². The van der Waals surface area contributed by atoms with E-state index in [2.05, 4.69) is 4.72 Å². The molecule has 3 rings (SSSR count). The van der Waals surface area contributed by atoms with Crippen LogP contribution in [0.25, 0.3) is 0 Å². The summed E-state index contributed by atoms with van der Waals surface area (Å²) in [6, 6.07) is 4.64. The van der Waals surface area contributed by atoms with Crippen LogP contribution in [0.2, 0.25) is 0 Å². The SMILES string of the molecule is C[C@H](NS(=O)(=O)c1ccc(N2C(=O)CCC2=O)cc1)C(=O)N1CCCCC1. The lowest BCUT2D eigenvalue weighted by molar-refractivity contribution is -0.133. The van der Waals surface area contributed by atoms with E-state index in [-0.39, 0.29) is 35.5 Å². The first-order valence-electron chi connectivity index (χ1n) is 9.06. The van der Waals surface area contributed by atoms with Crippen molar-refractivity contribution in [2.24, 2.45) is 0 Å². The molecule has 0 saturated carbocycles. The van der Waals surface area contributed by atoms with Gasteiger partial charge in [0.2, 0.25) is 27.7 Å². The lowest BCUT2D eigenvalue weighted by atomic mass is 10.1. The van der Waals surface area contributed by atoms with E-state index in [0.29, 0.717) is 18.8 Å². The summed E-state index contributed by atoms with van der Waals surface area (Å²) in [5.74, 6) is -0.827. The minimum absolute atomic E-state index is 0.0244. The van der Waals surface area contributed by atoms with E-state index in [1.54, 1.807) is 4.90 Å². The summed E-state index contributed by atoms with van der Waals surface area (Å²) in [7, 11) is -3.90. The number of anilines is 1. The maximum Gasteiger partial charge on any atom is 0.241 e. The number of nitrogens with one attached hydrogen (secondary N) is 1. The van der Waals surface area contributed by atoms with E-state index in [9.17, 15) is 22.8 Å². The number of benzene rings is 1. The third kappa shape index (κ3) is 4.19. The van der Waals surface area contributed by atoms with Gasteiger partial charge in [0.25, 0.3) is 0 Å². The molecule has 2 heterocycles. The fraction of sp³-hybridized carbons (Fsp3) is 0.500. The number of sulfonamides is 1. The normalized spacial score (nSPS) is 19.4. The summed E-state index contributed by atoms with van der Waals surface area (Å²) >= 11 is 0. The maximum absolute atomic E-state index is 12.6. The van der Waals surface area contributed by atoms with Crippen molar-refractivity contribution in [3.05, 3.63) is 24.3 Å². The largest absolute Gasteiger partial charge is 0.341 e. The first kappa shape index (κ1) is 19.5. The predicted octanol–water partition coefficient (Wildman–Crippen LogP) is 1.02. The van der Waals surface area contributed by atoms with Crippen molar-refractivity contribution in [2.45, 2.75) is 50.0 Å². The standard InChI is InChI=1S/C18H23N3O5S/c1-13(18(24)20-11-3-2-4-12-20)19-27(25,26)15-7-5-14(6-8-15)21-16(22)9-10-17(21)23/h5-8,13,19H,2-4,9-12H2,1H3/t13-/m0/s1. The number of rotatable bonds is 5. The second-order valence-electron chi connectivity index (χ2n) is 6.85. The molecule has 2 aliphatic rings. The van der Waals surface area contributed by atoms with Crippen LogP contribution in [0.15, 0.2) is 29.2 Å². The van der Waals surface area contributed by atoms with Crippen molar-refractivity contribution < 1.29 is 22.8 Å². The smallest absolute Gasteiger partial charge is 0.241 e. The van der Waals surface area contributed by atoms with Gasteiger partial charge in [-0.15, -0.1) is 0 Å². The molecule has 9 heteroatoms. The molecule has 2 fully saturated rings. The van der Waals surface area contributed by atoms with Crippen LogP contribution in [0, 0.1) is 0 Å². The molecule has 1 aromatic rings. The molecule has 1 atom stereocenters. The number of carbonyl (C=O) groups is 3. The lowest BCUT2D eigenvalue weighted by Crippen LogP contribution is -2.48. The molecule has 0 bridgehead atoms. The quantitative estimate of drug-likeness (QED) is 0.752. The van der Waals surface area contributed by atoms with E-state index in [1.165, 1.54) is 31.2 Å². The van der Waals surface area contributed by atoms with Crippen LogP contribution in [-0.2, 0) is 24.4 Å². The summed E-state index contributed by atoms with van der Waals surface area (Å²) in [5, 5.41) is 0. The third-order valence-electron chi connectivity index (χ3n) is 4.83. The molecule has 146 valence electrons. The number of hydrogen-bond donors (Lipinski definition) is 1. The van der Waals surface area contributed by atoms with Gasteiger partial charge in [0.1, 0.15) is 0 Å². The molecule has 3 amide bonds. The predicted molar refractivity (Wildman–Crippen MR) is 98.4 cm³/mol. The van der Waals surface area contributed by atoms with Gasteiger partial charge in [-0.3, -0.25) is 19.3 Å². The first-order chi connectivity index (χ1) is 12.8. The van der Waals surface area contributed by atoms with Gasteiger partial charge in [-0.25, -0.2) is 8.42 Å². The fourth-order valence-corrected chi connectivity index (χ4v) is 4.57. The van der Waals surface area contributed by atoms with E-state index in [0.717, 1.165) is 24.2 Å². The first-order valence-corrected chi connectivity index (χ1v) is 10.5. The summed E-state index contributed by atoms with van der Waals surface area (Å²) < 4.78 is 27.5. The Morgan fingerprint density at radius 3 is 2.11 bits per heavy atom. The van der Waals surface area contributed by atoms with Crippen molar-refractivity contribution >= 4 is 33.4 Å². The Kier molecular flexibility index (Phi) is 5.61. The highest BCUT2D eigenvalue weighted by Crippen LogP contribution is 2.24. The van der Waals surface area contributed by atoms with Crippen LogP contribution in [0.4, 0.5) is 5.69 Å². The summed E-state index contributed by atoms with van der Waals surface area (Å²) in [5.41, 5.74) is 0.346. The Morgan fingerprint density at radius 2 is 1.56 bits per heavy atom. The molecule has 0 unspecified atom stereocenters. The molecule has 0 radical (unpaired) electrons. The van der Waals surface area contributed by atoms with Gasteiger partial charge in [-0.2, -0.15) is 4.72 Å². The zero-order valence-corrected chi connectivity index (χ0v) is 16.0. The van der Waals surface area contributed by atoms with Crippen LogP contribution < -0.4 is 9.62 Å². The van der Waals surface area contributed by atoms with Gasteiger partial charge in [0, 0.05) is 25.9 Å². The zero-order valence-electron chi connectivity index (χ0n) is 15.2. The molecule has 1 aromatic carbocycles. The Labute approximate surface area is 158 Å². The number of carbonyl (C=O) groups excluding carboxylic acids is 3. The molecule has 1 N–H and O–H groups in total. The van der Waals surface area contributed by atoms with Crippen molar-refractivity contribution in [3.8, 4) is 0 Å². The molecule has 0 spiro atoms. The van der Waals surface area contributed by atoms with Crippen LogP contribution in [0.5, 0.6) is 0 Å². The maximum atomic E-state index is 12.6. The molecule has 8 nitrogen and oxygen atoms in total. The molecular weight excluding hydrogens is 370 g/mol. The Hall–Kier alpha value is -2.26. The number of imide groups is 1. The summed E-state index contributed by atoms with van der Waals surface area (Å²) in [6.07, 6.45) is 3.27. The average molecular weight is 393 g/mol. The highest BCUT2D eigenvalue weighted by Gasteiger charge is 2.31. The number of amides is 3. The minimum atomic E-state index is -3.90. The van der Waals surface area contributed by atoms with E-state index >= 15 is 0 Å². The van der Waals surface area contributed by atoms with Gasteiger partial charge in [-0.1, -0.05) is 0 Å². The molecular formula is C18H23N3O5S. The Morgan fingerprint density at radius 1 is 1.00 bits per heavy atom. The Balaban J connectivity index is 1.70. The second-order valence-corrected chi connectivity index (χ2v) is 8.56. The number of hydrogen-bond acceptors (Lipinski definition) is 5. The summed E-state index contributed by atoms with van der Waals surface area (Å²) in [4.78, 5) is 38.7. The molecule has 27 heavy (non-hydrogen) atoms. The Bertz CT molecular complexity index is 828. The zero-order chi connectivity index (χ0) is 19.6. The van der Waals surface area contributed by atoms with Gasteiger partial charge in [0.15, 0.2) is 0 Å². The number of nitrogens with zero attached hydrogens (tertiary/aromatic N) is 2. The van der Waals surface area contributed by atoms with Crippen molar-refractivity contribution in [1.82, 2.24) is 9.62 Å². The second kappa shape index (κ2) is 7.77. The molecule has 0 aliphatic carbocycles. The topological polar surface area (TPSA) is 104 Å². The average Bonchev–Trinajstić information content (AvgIpc) is 3.00. The number of piperidine rings is 1. The number of likely N-dealkylation sites (tertiary alicyclic amines) is 1. The van der Waals surface area contributed by atoms with Crippen molar-refractivity contribution in [3.63, 3.8) is 0 Å². The monoisotopic (exact) mass is 393 g/mol. The van der Waals surface area contributed by atoms with Crippen molar-refractivity contribution in [2.75, 3.05) is 18.0 Å². The van der Waals surface area contributed by atoms with Gasteiger partial charge >= 0.3 is 0 Å².